The smallest absolute Gasteiger partial charge is 0.410 e. The fourth-order valence-corrected chi connectivity index (χ4v) is 4.62. The van der Waals surface area contributed by atoms with Crippen LogP contribution < -0.4 is 4.90 Å². The Morgan fingerprint density at radius 2 is 1.97 bits per heavy atom. The summed E-state index contributed by atoms with van der Waals surface area (Å²) in [7, 11) is 0. The largest absolute Gasteiger partial charge is 0.444 e. The Hall–Kier alpha value is -4.59. The zero-order chi connectivity index (χ0) is 27.0. The Bertz CT molecular complexity index is 1550. The minimum Gasteiger partial charge on any atom is -0.444 e. The highest BCUT2D eigenvalue weighted by atomic mass is 19.1. The number of pyridine rings is 2. The van der Waals surface area contributed by atoms with Crippen LogP contribution in [0.4, 0.5) is 15.0 Å². The van der Waals surface area contributed by atoms with Gasteiger partial charge in [-0.1, -0.05) is 0 Å². The third-order valence-corrected chi connectivity index (χ3v) is 6.30. The van der Waals surface area contributed by atoms with E-state index in [4.69, 9.17) is 4.74 Å². The van der Waals surface area contributed by atoms with Gasteiger partial charge in [0, 0.05) is 55.4 Å². The first kappa shape index (κ1) is 25.1. The number of halogens is 1. The second-order valence-electron chi connectivity index (χ2n) is 10.1. The van der Waals surface area contributed by atoms with Gasteiger partial charge in [0.05, 0.1) is 23.2 Å². The van der Waals surface area contributed by atoms with Crippen LogP contribution >= 0.6 is 0 Å². The van der Waals surface area contributed by atoms with Crippen LogP contribution in [0.3, 0.4) is 0 Å². The molecule has 1 aliphatic rings. The summed E-state index contributed by atoms with van der Waals surface area (Å²) >= 11 is 0. The predicted molar refractivity (Wildman–Crippen MR) is 139 cm³/mol. The zero-order valence-electron chi connectivity index (χ0n) is 21.6. The zero-order valence-corrected chi connectivity index (χ0v) is 21.6. The molecular weight excluding hydrogens is 487 g/mol. The molecule has 1 saturated heterocycles. The molecule has 5 heterocycles. The second kappa shape index (κ2) is 9.70. The average molecular weight is 515 g/mol. The first-order valence-corrected chi connectivity index (χ1v) is 12.2. The molecule has 4 aromatic rings. The van der Waals surface area contributed by atoms with E-state index < -0.39 is 11.4 Å². The van der Waals surface area contributed by atoms with E-state index in [1.807, 2.05) is 27.7 Å². The maximum Gasteiger partial charge on any atom is 0.410 e. The number of piperazine rings is 1. The lowest BCUT2D eigenvalue weighted by molar-refractivity contribution is 0.0218. The Labute approximate surface area is 219 Å². The van der Waals surface area contributed by atoms with E-state index >= 15 is 4.39 Å². The SMILES string of the molecule is C[C@H]1CN(C(=O)OC(C)(C)C)CCN1c1ncnc2c1c(-c1ccncc1F)cn2-c1cc(C#N)ccn1. The van der Waals surface area contributed by atoms with E-state index in [0.717, 1.165) is 0 Å². The lowest BCUT2D eigenvalue weighted by Gasteiger charge is -2.41. The third-order valence-electron chi connectivity index (χ3n) is 6.30. The number of amides is 1. The van der Waals surface area contributed by atoms with Crippen molar-refractivity contribution in [2.75, 3.05) is 24.5 Å². The van der Waals surface area contributed by atoms with E-state index in [-0.39, 0.29) is 12.1 Å². The van der Waals surface area contributed by atoms with Gasteiger partial charge in [0.15, 0.2) is 5.65 Å². The minimum absolute atomic E-state index is 0.104. The summed E-state index contributed by atoms with van der Waals surface area (Å²) in [6, 6.07) is 6.89. The maximum atomic E-state index is 15.0. The number of carbonyl (C=O) groups is 1. The summed E-state index contributed by atoms with van der Waals surface area (Å²) in [5.41, 5.74) is 1.29. The molecule has 10 nitrogen and oxygen atoms in total. The van der Waals surface area contributed by atoms with Crippen molar-refractivity contribution in [2.24, 2.45) is 0 Å². The number of nitrogens with zero attached hydrogens (tertiary/aromatic N) is 8. The summed E-state index contributed by atoms with van der Waals surface area (Å²) in [6.07, 6.45) is 7.10. The highest BCUT2D eigenvalue weighted by Gasteiger charge is 2.32. The van der Waals surface area contributed by atoms with Gasteiger partial charge >= 0.3 is 6.09 Å². The summed E-state index contributed by atoms with van der Waals surface area (Å²) < 4.78 is 22.3. The number of nitriles is 1. The molecule has 0 unspecified atom stereocenters. The molecular formula is C27H27FN8O2. The van der Waals surface area contributed by atoms with Crippen LogP contribution in [0.25, 0.3) is 28.0 Å². The molecule has 0 aliphatic carbocycles. The number of aromatic nitrogens is 5. The number of rotatable bonds is 3. The Balaban J connectivity index is 1.62. The van der Waals surface area contributed by atoms with Gasteiger partial charge in [-0.25, -0.2) is 24.1 Å². The summed E-state index contributed by atoms with van der Waals surface area (Å²) in [4.78, 5) is 33.9. The standard InChI is InChI=1S/C27H27FN8O2/c1-17-14-34(26(37)38-27(2,3)4)9-10-35(17)24-23-20(19-6-7-30-13-21(19)28)15-36(25(23)33-16-32-24)22-11-18(12-29)5-8-31-22/h5-8,11,13,15-17H,9-10,14H2,1-4H3/t17-/m0/s1. The van der Waals surface area contributed by atoms with Crippen molar-refractivity contribution in [1.82, 2.24) is 29.4 Å². The van der Waals surface area contributed by atoms with Gasteiger partial charge in [-0.2, -0.15) is 5.26 Å². The lowest BCUT2D eigenvalue weighted by Crippen LogP contribution is -2.54. The third kappa shape index (κ3) is 4.72. The van der Waals surface area contributed by atoms with Gasteiger partial charge in [-0.3, -0.25) is 9.55 Å². The van der Waals surface area contributed by atoms with Gasteiger partial charge in [0.1, 0.15) is 29.4 Å². The van der Waals surface area contributed by atoms with E-state index in [9.17, 15) is 10.1 Å². The number of anilines is 1. The van der Waals surface area contributed by atoms with Gasteiger partial charge in [0.25, 0.3) is 0 Å². The van der Waals surface area contributed by atoms with E-state index in [1.54, 1.807) is 40.1 Å². The monoisotopic (exact) mass is 514 g/mol. The molecule has 1 aliphatic heterocycles. The van der Waals surface area contributed by atoms with Crippen LogP contribution in [0, 0.1) is 17.1 Å². The number of hydrogen-bond donors (Lipinski definition) is 0. The Kier molecular flexibility index (Phi) is 6.40. The fraction of sp³-hybridized carbons (Fsp3) is 0.333. The quantitative estimate of drug-likeness (QED) is 0.397. The first-order valence-electron chi connectivity index (χ1n) is 12.2. The Morgan fingerprint density at radius 3 is 2.68 bits per heavy atom. The fourth-order valence-electron chi connectivity index (χ4n) is 4.62. The van der Waals surface area contributed by atoms with Gasteiger partial charge < -0.3 is 14.5 Å². The van der Waals surface area contributed by atoms with Crippen molar-refractivity contribution in [3.05, 3.63) is 60.7 Å². The maximum absolute atomic E-state index is 15.0. The molecule has 38 heavy (non-hydrogen) atoms. The number of hydrogen-bond acceptors (Lipinski definition) is 8. The number of ether oxygens (including phenoxy) is 1. The van der Waals surface area contributed by atoms with E-state index in [2.05, 4.69) is 30.9 Å². The molecule has 0 N–H and O–H groups in total. The molecule has 1 amide bonds. The molecule has 11 heteroatoms. The number of carbonyl (C=O) groups excluding carboxylic acids is 1. The molecule has 1 fully saturated rings. The van der Waals surface area contributed by atoms with Crippen LogP contribution in [-0.2, 0) is 4.74 Å². The predicted octanol–water partition coefficient (Wildman–Crippen LogP) is 4.33. The minimum atomic E-state index is -0.584. The molecule has 0 radical (unpaired) electrons. The molecule has 0 saturated carbocycles. The van der Waals surface area contributed by atoms with Gasteiger partial charge in [0.2, 0.25) is 0 Å². The molecule has 5 rings (SSSR count). The normalized spacial score (nSPS) is 15.9. The molecule has 194 valence electrons. The molecule has 0 aromatic carbocycles. The highest BCUT2D eigenvalue weighted by Crippen LogP contribution is 2.38. The van der Waals surface area contributed by atoms with Crippen molar-refractivity contribution in [3.63, 3.8) is 0 Å². The lowest BCUT2D eigenvalue weighted by atomic mass is 10.1. The summed E-state index contributed by atoms with van der Waals surface area (Å²) in [5.74, 6) is 0.609. The topological polar surface area (TPSA) is 113 Å². The highest BCUT2D eigenvalue weighted by molar-refractivity contribution is 6.02. The van der Waals surface area contributed by atoms with Crippen LogP contribution in [0.1, 0.15) is 33.3 Å². The van der Waals surface area contributed by atoms with Gasteiger partial charge in [-0.15, -0.1) is 0 Å². The van der Waals surface area contributed by atoms with Crippen LogP contribution in [-0.4, -0.2) is 66.8 Å². The van der Waals surface area contributed by atoms with Crippen molar-refractivity contribution in [3.8, 4) is 23.0 Å². The van der Waals surface area contributed by atoms with Crippen molar-refractivity contribution >= 4 is 22.9 Å². The van der Waals surface area contributed by atoms with Crippen molar-refractivity contribution < 1.29 is 13.9 Å². The molecule has 4 aromatic heterocycles. The average Bonchev–Trinajstić information content (AvgIpc) is 3.28. The van der Waals surface area contributed by atoms with Crippen LogP contribution in [0.15, 0.2) is 49.3 Å². The molecule has 0 bridgehead atoms. The van der Waals surface area contributed by atoms with Crippen LogP contribution in [0.5, 0.6) is 0 Å². The van der Waals surface area contributed by atoms with E-state index in [0.29, 0.717) is 59.0 Å². The molecule has 1 atom stereocenters. The van der Waals surface area contributed by atoms with Crippen molar-refractivity contribution in [2.45, 2.75) is 39.3 Å². The summed E-state index contributed by atoms with van der Waals surface area (Å²) in [5, 5.41) is 10.0. The Morgan fingerprint density at radius 1 is 1.16 bits per heavy atom. The second-order valence-corrected chi connectivity index (χ2v) is 10.1. The summed E-state index contributed by atoms with van der Waals surface area (Å²) in [6.45, 7) is 8.90. The van der Waals surface area contributed by atoms with Gasteiger partial charge in [-0.05, 0) is 45.9 Å². The van der Waals surface area contributed by atoms with Crippen molar-refractivity contribution in [1.29, 1.82) is 5.26 Å². The first-order chi connectivity index (χ1) is 18.2. The molecule has 0 spiro atoms. The number of fused-ring (bicyclic) bond motifs is 1. The van der Waals surface area contributed by atoms with Crippen LogP contribution in [0.2, 0.25) is 0 Å². The van der Waals surface area contributed by atoms with E-state index in [1.165, 1.54) is 18.7 Å².